The SMILES string of the molecule is CCN1CCN(C(=O)c2ccccc2CSc2nnc(C(C)C)n2CC)CC1. The van der Waals surface area contributed by atoms with E-state index in [9.17, 15) is 4.79 Å². The van der Waals surface area contributed by atoms with Gasteiger partial charge in [0, 0.05) is 50.0 Å². The van der Waals surface area contributed by atoms with Crippen molar-refractivity contribution in [2.45, 2.75) is 51.1 Å². The van der Waals surface area contributed by atoms with Crippen molar-refractivity contribution in [2.75, 3.05) is 32.7 Å². The Balaban J connectivity index is 1.72. The van der Waals surface area contributed by atoms with E-state index in [1.54, 1.807) is 11.8 Å². The summed E-state index contributed by atoms with van der Waals surface area (Å²) in [5.41, 5.74) is 1.87. The summed E-state index contributed by atoms with van der Waals surface area (Å²) in [6.45, 7) is 14.0. The molecule has 7 heteroatoms. The average Bonchev–Trinajstić information content (AvgIpc) is 3.15. The number of rotatable bonds is 7. The number of amides is 1. The zero-order valence-electron chi connectivity index (χ0n) is 17.4. The smallest absolute Gasteiger partial charge is 0.254 e. The molecule has 1 amide bonds. The number of piperazine rings is 1. The number of aromatic nitrogens is 3. The maximum atomic E-state index is 13.1. The van der Waals surface area contributed by atoms with Gasteiger partial charge in [-0.25, -0.2) is 0 Å². The molecule has 1 aromatic carbocycles. The van der Waals surface area contributed by atoms with E-state index in [1.807, 2.05) is 23.1 Å². The van der Waals surface area contributed by atoms with Crippen LogP contribution in [0.5, 0.6) is 0 Å². The number of likely N-dealkylation sites (N-methyl/N-ethyl adjacent to an activating group) is 1. The third-order valence-corrected chi connectivity index (χ3v) is 6.30. The lowest BCUT2D eigenvalue weighted by Gasteiger charge is -2.34. The lowest BCUT2D eigenvalue weighted by Crippen LogP contribution is -2.48. The van der Waals surface area contributed by atoms with Crippen LogP contribution in [-0.4, -0.2) is 63.2 Å². The molecule has 6 nitrogen and oxygen atoms in total. The van der Waals surface area contributed by atoms with E-state index in [2.05, 4.69) is 53.4 Å². The van der Waals surface area contributed by atoms with Gasteiger partial charge in [-0.15, -0.1) is 10.2 Å². The molecule has 0 radical (unpaired) electrons. The van der Waals surface area contributed by atoms with E-state index in [-0.39, 0.29) is 5.91 Å². The van der Waals surface area contributed by atoms with Crippen molar-refractivity contribution in [3.63, 3.8) is 0 Å². The first-order valence-electron chi connectivity index (χ1n) is 10.2. The van der Waals surface area contributed by atoms with Crippen LogP contribution in [0.3, 0.4) is 0 Å². The monoisotopic (exact) mass is 401 g/mol. The van der Waals surface area contributed by atoms with Gasteiger partial charge in [-0.1, -0.05) is 50.7 Å². The Morgan fingerprint density at radius 1 is 1.07 bits per heavy atom. The molecular formula is C21H31N5OS. The third-order valence-electron chi connectivity index (χ3n) is 5.29. The van der Waals surface area contributed by atoms with Crippen LogP contribution in [0.15, 0.2) is 29.4 Å². The minimum Gasteiger partial charge on any atom is -0.336 e. The van der Waals surface area contributed by atoms with Gasteiger partial charge in [-0.3, -0.25) is 4.79 Å². The van der Waals surface area contributed by atoms with Crippen molar-refractivity contribution in [1.82, 2.24) is 24.6 Å². The van der Waals surface area contributed by atoms with Gasteiger partial charge in [-0.2, -0.15) is 0 Å². The average molecular weight is 402 g/mol. The van der Waals surface area contributed by atoms with E-state index in [0.29, 0.717) is 11.7 Å². The second-order valence-electron chi connectivity index (χ2n) is 7.41. The van der Waals surface area contributed by atoms with Crippen LogP contribution in [0.1, 0.15) is 55.4 Å². The van der Waals surface area contributed by atoms with Crippen molar-refractivity contribution in [1.29, 1.82) is 0 Å². The Labute approximate surface area is 172 Å². The first-order chi connectivity index (χ1) is 13.5. The van der Waals surface area contributed by atoms with Crippen LogP contribution < -0.4 is 0 Å². The minimum atomic E-state index is 0.145. The number of nitrogens with zero attached hydrogens (tertiary/aromatic N) is 5. The highest BCUT2D eigenvalue weighted by atomic mass is 32.2. The van der Waals surface area contributed by atoms with Crippen molar-refractivity contribution in [3.8, 4) is 0 Å². The maximum absolute atomic E-state index is 13.1. The highest BCUT2D eigenvalue weighted by molar-refractivity contribution is 7.98. The molecule has 1 aliphatic rings. The summed E-state index contributed by atoms with van der Waals surface area (Å²) in [4.78, 5) is 17.5. The van der Waals surface area contributed by atoms with Crippen LogP contribution in [0.25, 0.3) is 0 Å². The van der Waals surface area contributed by atoms with Gasteiger partial charge >= 0.3 is 0 Å². The van der Waals surface area contributed by atoms with Crippen LogP contribution in [0.4, 0.5) is 0 Å². The normalized spacial score (nSPS) is 15.4. The molecule has 3 rings (SSSR count). The molecule has 0 spiro atoms. The molecule has 28 heavy (non-hydrogen) atoms. The number of hydrogen-bond donors (Lipinski definition) is 0. The molecule has 0 unspecified atom stereocenters. The summed E-state index contributed by atoms with van der Waals surface area (Å²) in [6.07, 6.45) is 0. The Hall–Kier alpha value is -1.86. The molecule has 0 atom stereocenters. The van der Waals surface area contributed by atoms with Crippen LogP contribution in [0.2, 0.25) is 0 Å². The first-order valence-corrected chi connectivity index (χ1v) is 11.2. The summed E-state index contributed by atoms with van der Waals surface area (Å²) in [5.74, 6) is 2.22. The third kappa shape index (κ3) is 4.58. The lowest BCUT2D eigenvalue weighted by molar-refractivity contribution is 0.0642. The fourth-order valence-electron chi connectivity index (χ4n) is 3.57. The maximum Gasteiger partial charge on any atom is 0.254 e. The summed E-state index contributed by atoms with van der Waals surface area (Å²) in [5, 5.41) is 9.66. The van der Waals surface area contributed by atoms with Crippen LogP contribution in [0, 0.1) is 0 Å². The molecule has 0 bridgehead atoms. The van der Waals surface area contributed by atoms with E-state index >= 15 is 0 Å². The lowest BCUT2D eigenvalue weighted by atomic mass is 10.1. The summed E-state index contributed by atoms with van der Waals surface area (Å²) < 4.78 is 2.17. The number of benzene rings is 1. The van der Waals surface area contributed by atoms with Crippen molar-refractivity contribution in [2.24, 2.45) is 0 Å². The molecule has 1 aliphatic heterocycles. The van der Waals surface area contributed by atoms with Crippen LogP contribution in [-0.2, 0) is 12.3 Å². The highest BCUT2D eigenvalue weighted by Crippen LogP contribution is 2.26. The van der Waals surface area contributed by atoms with Crippen molar-refractivity contribution in [3.05, 3.63) is 41.2 Å². The molecule has 2 heterocycles. The number of carbonyl (C=O) groups is 1. The summed E-state index contributed by atoms with van der Waals surface area (Å²) >= 11 is 1.66. The molecule has 152 valence electrons. The van der Waals surface area contributed by atoms with Crippen LogP contribution >= 0.6 is 11.8 Å². The van der Waals surface area contributed by atoms with Gasteiger partial charge in [0.05, 0.1) is 0 Å². The summed E-state index contributed by atoms with van der Waals surface area (Å²) in [6, 6.07) is 7.97. The standard InChI is InChI=1S/C21H31N5OS/c1-5-24-11-13-25(14-12-24)20(27)18-10-8-7-9-17(18)15-28-21-23-22-19(16(3)4)26(21)6-2/h7-10,16H,5-6,11-15H2,1-4H3. The quantitative estimate of drug-likeness (QED) is 0.665. The molecule has 1 fully saturated rings. The topological polar surface area (TPSA) is 54.3 Å². The molecular weight excluding hydrogens is 370 g/mol. The van der Waals surface area contributed by atoms with E-state index < -0.39 is 0 Å². The van der Waals surface area contributed by atoms with Gasteiger partial charge in [0.15, 0.2) is 5.16 Å². The van der Waals surface area contributed by atoms with Gasteiger partial charge in [-0.05, 0) is 25.1 Å². The van der Waals surface area contributed by atoms with Gasteiger partial charge in [0.1, 0.15) is 5.82 Å². The molecule has 0 N–H and O–H groups in total. The minimum absolute atomic E-state index is 0.145. The zero-order chi connectivity index (χ0) is 20.1. The number of thioether (sulfide) groups is 1. The Bertz CT molecular complexity index is 796. The Morgan fingerprint density at radius 2 is 1.79 bits per heavy atom. The molecule has 2 aromatic rings. The number of hydrogen-bond acceptors (Lipinski definition) is 5. The highest BCUT2D eigenvalue weighted by Gasteiger charge is 2.23. The second kappa shape index (κ2) is 9.56. The number of carbonyl (C=O) groups excluding carboxylic acids is 1. The van der Waals surface area contributed by atoms with E-state index in [4.69, 9.17) is 0 Å². The van der Waals surface area contributed by atoms with Gasteiger partial charge in [0.2, 0.25) is 0 Å². The summed E-state index contributed by atoms with van der Waals surface area (Å²) in [7, 11) is 0. The molecule has 0 saturated carbocycles. The predicted octanol–water partition coefficient (Wildman–Crippen LogP) is 3.49. The molecule has 1 aromatic heterocycles. The predicted molar refractivity (Wildman–Crippen MR) is 114 cm³/mol. The second-order valence-corrected chi connectivity index (χ2v) is 8.35. The van der Waals surface area contributed by atoms with E-state index in [1.165, 1.54) is 0 Å². The Kier molecular flexibility index (Phi) is 7.13. The first kappa shape index (κ1) is 20.9. The zero-order valence-corrected chi connectivity index (χ0v) is 18.2. The fourth-order valence-corrected chi connectivity index (χ4v) is 4.58. The van der Waals surface area contributed by atoms with Crippen molar-refractivity contribution < 1.29 is 4.79 Å². The molecule has 1 saturated heterocycles. The van der Waals surface area contributed by atoms with Crippen molar-refractivity contribution >= 4 is 17.7 Å². The molecule has 0 aliphatic carbocycles. The van der Waals surface area contributed by atoms with Gasteiger partial charge < -0.3 is 14.4 Å². The largest absolute Gasteiger partial charge is 0.336 e. The van der Waals surface area contributed by atoms with Gasteiger partial charge in [0.25, 0.3) is 5.91 Å². The Morgan fingerprint density at radius 3 is 2.43 bits per heavy atom. The fraction of sp³-hybridized carbons (Fsp3) is 0.571. The van der Waals surface area contributed by atoms with E-state index in [0.717, 1.165) is 61.4 Å².